The van der Waals surface area contributed by atoms with E-state index in [4.69, 9.17) is 4.74 Å². The Morgan fingerprint density at radius 3 is 2.42 bits per heavy atom. The first-order valence-corrected chi connectivity index (χ1v) is 10.7. The molecule has 2 amide bonds. The van der Waals surface area contributed by atoms with Gasteiger partial charge in [-0.15, -0.1) is 10.2 Å². The van der Waals surface area contributed by atoms with Crippen molar-refractivity contribution in [2.45, 2.75) is 25.9 Å². The maximum absolute atomic E-state index is 12.6. The van der Waals surface area contributed by atoms with E-state index in [0.717, 1.165) is 11.1 Å². The second kappa shape index (κ2) is 11.1. The van der Waals surface area contributed by atoms with Crippen molar-refractivity contribution >= 4 is 33.6 Å². The van der Waals surface area contributed by atoms with E-state index in [1.54, 1.807) is 6.92 Å². The molecule has 1 atom stereocenters. The van der Waals surface area contributed by atoms with Gasteiger partial charge in [-0.05, 0) is 18.1 Å². The van der Waals surface area contributed by atoms with Gasteiger partial charge in [0.2, 0.25) is 10.3 Å². The molecule has 3 aromatic rings. The molecule has 1 aromatic heterocycles. The van der Waals surface area contributed by atoms with Crippen LogP contribution >= 0.6 is 11.3 Å². The lowest BCUT2D eigenvalue weighted by Crippen LogP contribution is -2.34. The van der Waals surface area contributed by atoms with Crippen LogP contribution in [0.5, 0.6) is 0 Å². The lowest BCUT2D eigenvalue weighted by atomic mass is 10.0. The summed E-state index contributed by atoms with van der Waals surface area (Å²) < 4.78 is 5.04. The number of aromatic nitrogens is 2. The summed E-state index contributed by atoms with van der Waals surface area (Å²) in [6.45, 7) is 2.71. The molecule has 0 radical (unpaired) electrons. The molecule has 2 aromatic carbocycles. The third-order valence-electron chi connectivity index (χ3n) is 4.41. The minimum atomic E-state index is -0.520. The van der Waals surface area contributed by atoms with E-state index in [9.17, 15) is 9.59 Å². The summed E-state index contributed by atoms with van der Waals surface area (Å²) in [5, 5.41) is 14.8. The maximum atomic E-state index is 12.6. The Balaban J connectivity index is 1.61. The van der Waals surface area contributed by atoms with Crippen molar-refractivity contribution in [2.24, 2.45) is 0 Å². The van der Waals surface area contributed by atoms with E-state index in [1.165, 1.54) is 11.3 Å². The highest BCUT2D eigenvalue weighted by atomic mass is 32.1. The average Bonchev–Trinajstić information content (AvgIpc) is 3.23. The third-order valence-corrected chi connectivity index (χ3v) is 5.36. The van der Waals surface area contributed by atoms with Gasteiger partial charge in [-0.2, -0.15) is 0 Å². The Morgan fingerprint density at radius 2 is 1.74 bits per heavy atom. The van der Waals surface area contributed by atoms with Crippen LogP contribution in [0.2, 0.25) is 0 Å². The van der Waals surface area contributed by atoms with E-state index >= 15 is 0 Å². The molecule has 8 nitrogen and oxygen atoms in total. The normalized spacial score (nSPS) is 11.4. The van der Waals surface area contributed by atoms with Crippen LogP contribution in [0.15, 0.2) is 60.7 Å². The molecule has 31 heavy (non-hydrogen) atoms. The summed E-state index contributed by atoms with van der Waals surface area (Å²) in [6.07, 6.45) is 0.0342. The Bertz CT molecular complexity index is 981. The first-order valence-electron chi connectivity index (χ1n) is 9.91. The summed E-state index contributed by atoms with van der Waals surface area (Å²) >= 11 is 1.27. The van der Waals surface area contributed by atoms with Crippen LogP contribution in [0.3, 0.4) is 0 Å². The quantitative estimate of drug-likeness (QED) is 0.490. The van der Waals surface area contributed by atoms with Gasteiger partial charge in [-0.3, -0.25) is 10.1 Å². The Hall–Kier alpha value is -3.46. The Kier molecular flexibility index (Phi) is 7.94. The van der Waals surface area contributed by atoms with E-state index in [-0.39, 0.29) is 19.0 Å². The number of nitrogens with zero attached hydrogens (tertiary/aromatic N) is 3. The fourth-order valence-corrected chi connectivity index (χ4v) is 3.66. The van der Waals surface area contributed by atoms with Gasteiger partial charge in [0, 0.05) is 13.6 Å². The fraction of sp³-hybridized carbons (Fsp3) is 0.273. The summed E-state index contributed by atoms with van der Waals surface area (Å²) in [5.74, 6) is -0.377. The molecule has 0 spiro atoms. The van der Waals surface area contributed by atoms with E-state index in [1.807, 2.05) is 72.6 Å². The van der Waals surface area contributed by atoms with Crippen molar-refractivity contribution in [2.75, 3.05) is 23.9 Å². The van der Waals surface area contributed by atoms with E-state index < -0.39 is 12.1 Å². The number of benzene rings is 2. The predicted octanol–water partition coefficient (Wildman–Crippen LogP) is 3.99. The van der Waals surface area contributed by atoms with Crippen molar-refractivity contribution in [3.63, 3.8) is 0 Å². The van der Waals surface area contributed by atoms with E-state index in [0.29, 0.717) is 16.8 Å². The number of urea groups is 1. The van der Waals surface area contributed by atoms with Crippen molar-refractivity contribution in [1.82, 2.24) is 15.5 Å². The molecule has 0 aliphatic heterocycles. The van der Waals surface area contributed by atoms with Crippen LogP contribution in [0.1, 0.15) is 30.5 Å². The highest BCUT2D eigenvalue weighted by Crippen LogP contribution is 2.25. The smallest absolute Gasteiger partial charge is 0.321 e. The average molecular weight is 440 g/mol. The monoisotopic (exact) mass is 439 g/mol. The predicted molar refractivity (Wildman–Crippen MR) is 121 cm³/mol. The molecule has 1 heterocycles. The molecule has 0 fully saturated rings. The molecular weight excluding hydrogens is 414 g/mol. The zero-order valence-electron chi connectivity index (χ0n) is 17.4. The van der Waals surface area contributed by atoms with Gasteiger partial charge < -0.3 is 15.0 Å². The first-order chi connectivity index (χ1) is 15.0. The number of hydrogen-bond donors (Lipinski definition) is 2. The molecule has 162 valence electrons. The molecule has 9 heteroatoms. The second-order valence-corrected chi connectivity index (χ2v) is 7.76. The SMILES string of the molecule is CCOC(=O)CC(NC(=O)Nc1nnc(N(C)Cc2ccccc2)s1)c1ccccc1. The van der Waals surface area contributed by atoms with Gasteiger partial charge in [0.1, 0.15) is 0 Å². The van der Waals surface area contributed by atoms with Crippen molar-refractivity contribution in [1.29, 1.82) is 0 Å². The zero-order valence-corrected chi connectivity index (χ0v) is 18.3. The van der Waals surface area contributed by atoms with Gasteiger partial charge in [-0.25, -0.2) is 4.79 Å². The summed E-state index contributed by atoms with van der Waals surface area (Å²) in [5.41, 5.74) is 1.96. The third kappa shape index (κ3) is 6.78. The molecule has 2 N–H and O–H groups in total. The molecule has 3 rings (SSSR count). The highest BCUT2D eigenvalue weighted by molar-refractivity contribution is 7.19. The Morgan fingerprint density at radius 1 is 1.06 bits per heavy atom. The second-order valence-electron chi connectivity index (χ2n) is 6.80. The Labute approximate surface area is 185 Å². The van der Waals surface area contributed by atoms with Crippen LogP contribution in [0.4, 0.5) is 15.1 Å². The summed E-state index contributed by atoms with van der Waals surface area (Å²) in [7, 11) is 1.92. The van der Waals surface area contributed by atoms with Crippen molar-refractivity contribution in [3.05, 3.63) is 71.8 Å². The maximum Gasteiger partial charge on any atom is 0.321 e. The van der Waals surface area contributed by atoms with Gasteiger partial charge in [0.25, 0.3) is 0 Å². The molecule has 0 bridgehead atoms. The van der Waals surface area contributed by atoms with Gasteiger partial charge >= 0.3 is 12.0 Å². The number of anilines is 2. The van der Waals surface area contributed by atoms with Gasteiger partial charge in [0.05, 0.1) is 19.1 Å². The molecule has 0 aliphatic carbocycles. The molecule has 1 unspecified atom stereocenters. The minimum Gasteiger partial charge on any atom is -0.466 e. The topological polar surface area (TPSA) is 96.4 Å². The lowest BCUT2D eigenvalue weighted by Gasteiger charge is -2.18. The molecule has 0 saturated heterocycles. The number of nitrogens with one attached hydrogen (secondary N) is 2. The van der Waals surface area contributed by atoms with Crippen LogP contribution < -0.4 is 15.5 Å². The molecule has 0 aliphatic rings. The largest absolute Gasteiger partial charge is 0.466 e. The first kappa shape index (κ1) is 22.2. The summed E-state index contributed by atoms with van der Waals surface area (Å²) in [4.78, 5) is 26.5. The number of esters is 1. The zero-order chi connectivity index (χ0) is 22.1. The number of amides is 2. The van der Waals surface area contributed by atoms with E-state index in [2.05, 4.69) is 20.8 Å². The number of hydrogen-bond acceptors (Lipinski definition) is 7. The minimum absolute atomic E-state index is 0.0342. The lowest BCUT2D eigenvalue weighted by molar-refractivity contribution is -0.143. The van der Waals surface area contributed by atoms with Gasteiger partial charge in [-0.1, -0.05) is 72.0 Å². The van der Waals surface area contributed by atoms with Crippen LogP contribution in [-0.2, 0) is 16.1 Å². The van der Waals surface area contributed by atoms with Crippen LogP contribution in [0, 0.1) is 0 Å². The highest BCUT2D eigenvalue weighted by Gasteiger charge is 2.20. The molecular formula is C22H25N5O3S. The molecule has 0 saturated carbocycles. The number of carbonyl (C=O) groups excluding carboxylic acids is 2. The fourth-order valence-electron chi connectivity index (χ4n) is 2.96. The van der Waals surface area contributed by atoms with Gasteiger partial charge in [0.15, 0.2) is 0 Å². The van der Waals surface area contributed by atoms with Crippen molar-refractivity contribution < 1.29 is 14.3 Å². The summed E-state index contributed by atoms with van der Waals surface area (Å²) in [6, 6.07) is 18.3. The number of rotatable bonds is 9. The number of carbonyl (C=O) groups is 2. The number of ether oxygens (including phenoxy) is 1. The van der Waals surface area contributed by atoms with Crippen LogP contribution in [-0.4, -0.2) is 35.9 Å². The van der Waals surface area contributed by atoms with Crippen LogP contribution in [0.25, 0.3) is 0 Å². The standard InChI is InChI=1S/C22H25N5O3S/c1-3-30-19(28)14-18(17-12-8-5-9-13-17)23-20(29)24-21-25-26-22(31-21)27(2)15-16-10-6-4-7-11-16/h4-13,18H,3,14-15H2,1-2H3,(H2,23,24,25,29). The van der Waals surface area contributed by atoms with Crippen molar-refractivity contribution in [3.8, 4) is 0 Å².